The third-order valence-corrected chi connectivity index (χ3v) is 3.22. The van der Waals surface area contributed by atoms with Crippen molar-refractivity contribution >= 4 is 23.5 Å². The third kappa shape index (κ3) is 6.10. The Labute approximate surface area is 136 Å². The summed E-state index contributed by atoms with van der Waals surface area (Å²) in [6.07, 6.45) is 1.89. The fourth-order valence-electron chi connectivity index (χ4n) is 1.98. The summed E-state index contributed by atoms with van der Waals surface area (Å²) in [6, 6.07) is 6.43. The second-order valence-corrected chi connectivity index (χ2v) is 5.08. The summed E-state index contributed by atoms with van der Waals surface area (Å²) in [4.78, 5) is 36.7. The van der Waals surface area contributed by atoms with E-state index in [2.05, 4.69) is 5.32 Å². The molecule has 0 unspecified atom stereocenters. The van der Waals surface area contributed by atoms with E-state index in [4.69, 9.17) is 4.74 Å². The Bertz CT molecular complexity index is 540. The molecule has 6 nitrogen and oxygen atoms in total. The van der Waals surface area contributed by atoms with Gasteiger partial charge in [0.25, 0.3) is 0 Å². The van der Waals surface area contributed by atoms with Gasteiger partial charge in [0.05, 0.1) is 12.2 Å². The number of benzene rings is 1. The Hall–Kier alpha value is -2.37. The minimum Gasteiger partial charge on any atom is -0.462 e. The molecule has 0 saturated carbocycles. The first kappa shape index (κ1) is 18.7. The maximum Gasteiger partial charge on any atom is 0.338 e. The zero-order chi connectivity index (χ0) is 17.2. The van der Waals surface area contributed by atoms with Gasteiger partial charge in [0.15, 0.2) is 0 Å². The van der Waals surface area contributed by atoms with Crippen molar-refractivity contribution in [1.29, 1.82) is 0 Å². The van der Waals surface area contributed by atoms with Crippen LogP contribution < -0.4 is 10.2 Å². The van der Waals surface area contributed by atoms with E-state index in [1.54, 1.807) is 31.2 Å². The molecule has 1 rings (SSSR count). The van der Waals surface area contributed by atoms with Gasteiger partial charge in [-0.05, 0) is 37.6 Å². The van der Waals surface area contributed by atoms with Crippen LogP contribution in [-0.4, -0.2) is 37.5 Å². The van der Waals surface area contributed by atoms with Crippen molar-refractivity contribution in [2.24, 2.45) is 0 Å². The zero-order valence-electron chi connectivity index (χ0n) is 13.9. The summed E-state index contributed by atoms with van der Waals surface area (Å²) in [6.45, 7) is 6.04. The molecule has 0 radical (unpaired) electrons. The minimum atomic E-state index is -0.411. The lowest BCUT2D eigenvalue weighted by Crippen LogP contribution is -2.40. The van der Waals surface area contributed by atoms with Crippen LogP contribution in [0.5, 0.6) is 0 Å². The Balaban J connectivity index is 2.76. The maximum absolute atomic E-state index is 11.9. The minimum absolute atomic E-state index is 0.0438. The van der Waals surface area contributed by atoms with Crippen molar-refractivity contribution in [3.05, 3.63) is 29.8 Å². The van der Waals surface area contributed by atoms with Crippen LogP contribution in [-0.2, 0) is 14.3 Å². The van der Waals surface area contributed by atoms with Gasteiger partial charge in [-0.3, -0.25) is 9.59 Å². The Morgan fingerprint density at radius 3 is 2.30 bits per heavy atom. The average molecular weight is 320 g/mol. The highest BCUT2D eigenvalue weighted by molar-refractivity contribution is 5.98. The van der Waals surface area contributed by atoms with Gasteiger partial charge >= 0.3 is 5.97 Å². The van der Waals surface area contributed by atoms with E-state index >= 15 is 0 Å². The molecule has 0 aliphatic rings. The number of hydrogen-bond acceptors (Lipinski definition) is 4. The van der Waals surface area contributed by atoms with Crippen molar-refractivity contribution < 1.29 is 19.1 Å². The van der Waals surface area contributed by atoms with Gasteiger partial charge in [-0.15, -0.1) is 0 Å². The highest BCUT2D eigenvalue weighted by Crippen LogP contribution is 2.16. The molecule has 0 aliphatic carbocycles. The first-order chi connectivity index (χ1) is 11.0. The van der Waals surface area contributed by atoms with Crippen molar-refractivity contribution in [3.63, 3.8) is 0 Å². The van der Waals surface area contributed by atoms with Gasteiger partial charge in [-0.25, -0.2) is 4.79 Å². The second kappa shape index (κ2) is 9.61. The number of nitrogens with zero attached hydrogens (tertiary/aromatic N) is 1. The molecular weight excluding hydrogens is 296 g/mol. The highest BCUT2D eigenvalue weighted by Gasteiger charge is 2.16. The van der Waals surface area contributed by atoms with Crippen molar-refractivity contribution in [1.82, 2.24) is 5.32 Å². The van der Waals surface area contributed by atoms with Crippen molar-refractivity contribution in [2.75, 3.05) is 24.6 Å². The predicted octanol–water partition coefficient (Wildman–Crippen LogP) is 2.13. The molecule has 0 spiro atoms. The van der Waals surface area contributed by atoms with Crippen LogP contribution in [0.15, 0.2) is 24.3 Å². The first-order valence-corrected chi connectivity index (χ1v) is 7.81. The van der Waals surface area contributed by atoms with Crippen molar-refractivity contribution in [3.8, 4) is 0 Å². The van der Waals surface area contributed by atoms with E-state index in [1.165, 1.54) is 11.8 Å². The number of unbranched alkanes of at least 4 members (excludes halogenated alkanes) is 1. The van der Waals surface area contributed by atoms with Gasteiger partial charge in [-0.1, -0.05) is 13.3 Å². The molecule has 0 saturated heterocycles. The summed E-state index contributed by atoms with van der Waals surface area (Å²) in [5.41, 5.74) is 0.975. The number of carbonyl (C=O) groups excluding carboxylic acids is 3. The third-order valence-electron chi connectivity index (χ3n) is 3.22. The molecule has 0 bridgehead atoms. The topological polar surface area (TPSA) is 75.7 Å². The van der Waals surface area contributed by atoms with Crippen LogP contribution in [0.1, 0.15) is 44.0 Å². The first-order valence-electron chi connectivity index (χ1n) is 7.81. The van der Waals surface area contributed by atoms with E-state index in [9.17, 15) is 14.4 Å². The molecule has 0 heterocycles. The lowest BCUT2D eigenvalue weighted by atomic mass is 10.2. The van der Waals surface area contributed by atoms with Crippen LogP contribution >= 0.6 is 0 Å². The number of esters is 1. The van der Waals surface area contributed by atoms with Gasteiger partial charge in [0.1, 0.15) is 6.54 Å². The van der Waals surface area contributed by atoms with Gasteiger partial charge in [0, 0.05) is 19.2 Å². The van der Waals surface area contributed by atoms with E-state index in [1.807, 2.05) is 6.92 Å². The fourth-order valence-corrected chi connectivity index (χ4v) is 1.98. The molecule has 0 aromatic heterocycles. The Morgan fingerprint density at radius 2 is 1.78 bits per heavy atom. The summed E-state index contributed by atoms with van der Waals surface area (Å²) >= 11 is 0. The number of anilines is 1. The SMILES string of the molecule is CCCCNC(=O)CN(C(C)=O)c1ccc(C(=O)OCC)cc1. The number of carbonyl (C=O) groups is 3. The van der Waals surface area contributed by atoms with Crippen LogP contribution in [0.4, 0.5) is 5.69 Å². The van der Waals surface area contributed by atoms with E-state index in [-0.39, 0.29) is 18.4 Å². The number of hydrogen-bond donors (Lipinski definition) is 1. The Kier molecular flexibility index (Phi) is 7.80. The van der Waals surface area contributed by atoms with Gasteiger partial charge < -0.3 is 15.0 Å². The van der Waals surface area contributed by atoms with Crippen LogP contribution in [0.3, 0.4) is 0 Å². The van der Waals surface area contributed by atoms with E-state index in [0.717, 1.165) is 12.8 Å². The Morgan fingerprint density at radius 1 is 1.13 bits per heavy atom. The quantitative estimate of drug-likeness (QED) is 0.588. The molecule has 0 aliphatic heterocycles. The molecule has 0 fully saturated rings. The van der Waals surface area contributed by atoms with E-state index in [0.29, 0.717) is 24.4 Å². The van der Waals surface area contributed by atoms with Gasteiger partial charge in [-0.2, -0.15) is 0 Å². The molecular formula is C17H24N2O4. The number of amides is 2. The average Bonchev–Trinajstić information content (AvgIpc) is 2.53. The summed E-state index contributed by atoms with van der Waals surface area (Å²) < 4.78 is 4.91. The zero-order valence-corrected chi connectivity index (χ0v) is 13.9. The lowest BCUT2D eigenvalue weighted by molar-refractivity contribution is -0.123. The molecule has 6 heteroatoms. The summed E-state index contributed by atoms with van der Waals surface area (Å²) in [5.74, 6) is -0.853. The molecule has 126 valence electrons. The lowest BCUT2D eigenvalue weighted by Gasteiger charge is -2.21. The second-order valence-electron chi connectivity index (χ2n) is 5.08. The standard InChI is InChI=1S/C17H24N2O4/c1-4-6-11-18-16(21)12-19(13(3)20)15-9-7-14(8-10-15)17(22)23-5-2/h7-10H,4-6,11-12H2,1-3H3,(H,18,21). The van der Waals surface area contributed by atoms with Crippen LogP contribution in [0.25, 0.3) is 0 Å². The smallest absolute Gasteiger partial charge is 0.338 e. The largest absolute Gasteiger partial charge is 0.462 e. The predicted molar refractivity (Wildman–Crippen MR) is 88.3 cm³/mol. The normalized spacial score (nSPS) is 10.0. The summed E-state index contributed by atoms with van der Waals surface area (Å²) in [5, 5.41) is 2.78. The summed E-state index contributed by atoms with van der Waals surface area (Å²) in [7, 11) is 0. The van der Waals surface area contributed by atoms with Crippen molar-refractivity contribution in [2.45, 2.75) is 33.6 Å². The molecule has 1 aromatic rings. The number of nitrogens with one attached hydrogen (secondary N) is 1. The number of ether oxygens (including phenoxy) is 1. The van der Waals surface area contributed by atoms with Crippen LogP contribution in [0, 0.1) is 0 Å². The van der Waals surface area contributed by atoms with E-state index < -0.39 is 5.97 Å². The highest BCUT2D eigenvalue weighted by atomic mass is 16.5. The fraction of sp³-hybridized carbons (Fsp3) is 0.471. The van der Waals surface area contributed by atoms with Gasteiger partial charge in [0.2, 0.25) is 11.8 Å². The molecule has 1 N–H and O–H groups in total. The monoisotopic (exact) mass is 320 g/mol. The molecule has 0 atom stereocenters. The maximum atomic E-state index is 11.9. The molecule has 23 heavy (non-hydrogen) atoms. The molecule has 2 amide bonds. The molecule has 1 aromatic carbocycles. The van der Waals surface area contributed by atoms with Crippen LogP contribution in [0.2, 0.25) is 0 Å². The number of rotatable bonds is 8.